The molecule has 128 valence electrons. The molecule has 0 bridgehead atoms. The summed E-state index contributed by atoms with van der Waals surface area (Å²) < 4.78 is 5.58. The van der Waals surface area contributed by atoms with Crippen LogP contribution in [0.4, 0.5) is 0 Å². The van der Waals surface area contributed by atoms with E-state index in [-0.39, 0.29) is 17.4 Å². The van der Waals surface area contributed by atoms with Crippen LogP contribution in [0.25, 0.3) is 0 Å². The first-order valence-corrected chi connectivity index (χ1v) is 9.67. The molecule has 2 aliphatic rings. The lowest BCUT2D eigenvalue weighted by Gasteiger charge is -2.31. The lowest BCUT2D eigenvalue weighted by molar-refractivity contribution is -0.134. The molecule has 1 aromatic heterocycles. The molecular formula is C18H28N2O2S. The lowest BCUT2D eigenvalue weighted by atomic mass is 9.93. The van der Waals surface area contributed by atoms with E-state index in [4.69, 9.17) is 9.72 Å². The Labute approximate surface area is 143 Å². The fraction of sp³-hybridized carbons (Fsp3) is 0.778. The van der Waals surface area contributed by atoms with E-state index in [9.17, 15) is 4.79 Å². The number of amides is 1. The van der Waals surface area contributed by atoms with Crippen molar-refractivity contribution in [2.45, 2.75) is 70.3 Å². The van der Waals surface area contributed by atoms with Gasteiger partial charge in [0.2, 0.25) is 5.91 Å². The van der Waals surface area contributed by atoms with Gasteiger partial charge < -0.3 is 9.64 Å². The predicted molar refractivity (Wildman–Crippen MR) is 93.0 cm³/mol. The van der Waals surface area contributed by atoms with E-state index in [0.29, 0.717) is 12.3 Å². The van der Waals surface area contributed by atoms with Crippen molar-refractivity contribution in [1.29, 1.82) is 0 Å². The molecule has 2 saturated heterocycles. The number of thiazole rings is 1. The number of ether oxygens (including phenoxy) is 1. The van der Waals surface area contributed by atoms with Crippen LogP contribution < -0.4 is 0 Å². The van der Waals surface area contributed by atoms with E-state index < -0.39 is 0 Å². The van der Waals surface area contributed by atoms with E-state index >= 15 is 0 Å². The number of likely N-dealkylation sites (tertiary alicyclic amines) is 1. The number of nitrogens with zero attached hydrogens (tertiary/aromatic N) is 2. The van der Waals surface area contributed by atoms with Gasteiger partial charge in [-0.1, -0.05) is 20.8 Å². The Kier molecular flexibility index (Phi) is 5.07. The maximum absolute atomic E-state index is 12.4. The summed E-state index contributed by atoms with van der Waals surface area (Å²) in [6.45, 7) is 9.16. The van der Waals surface area contributed by atoms with Gasteiger partial charge in [0.15, 0.2) is 0 Å². The van der Waals surface area contributed by atoms with Crippen molar-refractivity contribution in [2.75, 3.05) is 19.7 Å². The maximum atomic E-state index is 12.4. The second-order valence-electron chi connectivity index (χ2n) is 7.82. The minimum absolute atomic E-state index is 0.118. The van der Waals surface area contributed by atoms with E-state index in [1.54, 1.807) is 11.3 Å². The molecule has 1 amide bonds. The average Bonchev–Trinajstić information content (AvgIpc) is 3.18. The van der Waals surface area contributed by atoms with Gasteiger partial charge >= 0.3 is 0 Å². The Morgan fingerprint density at radius 3 is 2.65 bits per heavy atom. The largest absolute Gasteiger partial charge is 0.378 e. The smallest absolute Gasteiger partial charge is 0.225 e. The monoisotopic (exact) mass is 336 g/mol. The predicted octanol–water partition coefficient (Wildman–Crippen LogP) is 3.72. The molecule has 4 nitrogen and oxygen atoms in total. The van der Waals surface area contributed by atoms with Crippen molar-refractivity contribution in [3.63, 3.8) is 0 Å². The van der Waals surface area contributed by atoms with Crippen LogP contribution in [0.15, 0.2) is 5.38 Å². The Hall–Kier alpha value is -0.940. The molecule has 2 aliphatic heterocycles. The van der Waals surface area contributed by atoms with Crippen LogP contribution in [-0.2, 0) is 14.9 Å². The number of rotatable bonds is 3. The van der Waals surface area contributed by atoms with Gasteiger partial charge in [0.05, 0.1) is 23.2 Å². The number of carbonyl (C=O) groups is 1. The van der Waals surface area contributed by atoms with Gasteiger partial charge in [-0.3, -0.25) is 4.79 Å². The molecule has 0 spiro atoms. The summed E-state index contributed by atoms with van der Waals surface area (Å²) in [6.07, 6.45) is 4.93. The molecular weight excluding hydrogens is 308 g/mol. The number of aromatic nitrogens is 1. The highest BCUT2D eigenvalue weighted by atomic mass is 32.1. The van der Waals surface area contributed by atoms with Crippen molar-refractivity contribution in [3.05, 3.63) is 16.1 Å². The molecule has 0 radical (unpaired) electrons. The molecule has 2 fully saturated rings. The van der Waals surface area contributed by atoms with Crippen LogP contribution in [0, 0.1) is 0 Å². The first-order valence-electron chi connectivity index (χ1n) is 8.79. The third-order valence-corrected chi connectivity index (χ3v) is 5.92. The second-order valence-corrected chi connectivity index (χ2v) is 8.70. The van der Waals surface area contributed by atoms with E-state index in [1.807, 2.05) is 4.90 Å². The number of hydrogen-bond acceptors (Lipinski definition) is 4. The first-order chi connectivity index (χ1) is 10.9. The molecule has 3 heterocycles. The number of hydrogen-bond donors (Lipinski definition) is 0. The van der Waals surface area contributed by atoms with Gasteiger partial charge in [0, 0.05) is 36.4 Å². The number of piperidine rings is 1. The second kappa shape index (κ2) is 6.89. The molecule has 0 saturated carbocycles. The zero-order valence-electron chi connectivity index (χ0n) is 14.5. The van der Waals surface area contributed by atoms with Crippen molar-refractivity contribution in [2.24, 2.45) is 0 Å². The third-order valence-electron chi connectivity index (χ3n) is 4.91. The maximum Gasteiger partial charge on any atom is 0.225 e. The summed E-state index contributed by atoms with van der Waals surface area (Å²) in [4.78, 5) is 19.2. The summed E-state index contributed by atoms with van der Waals surface area (Å²) in [5, 5.41) is 3.45. The standard InChI is InChI=1S/C18H28N2O2S/c1-18(2,3)15-12-23-17(19-15)13-6-8-20(9-7-13)16(21)11-14-5-4-10-22-14/h12-14H,4-11H2,1-3H3/t14-/m0/s1. The fourth-order valence-corrected chi connectivity index (χ4v) is 4.54. The van der Waals surface area contributed by atoms with Crippen molar-refractivity contribution in [1.82, 2.24) is 9.88 Å². The summed E-state index contributed by atoms with van der Waals surface area (Å²) in [5.41, 5.74) is 1.31. The minimum Gasteiger partial charge on any atom is -0.378 e. The fourth-order valence-electron chi connectivity index (χ4n) is 3.32. The zero-order chi connectivity index (χ0) is 16.4. The highest BCUT2D eigenvalue weighted by molar-refractivity contribution is 7.09. The van der Waals surface area contributed by atoms with Crippen LogP contribution in [0.3, 0.4) is 0 Å². The van der Waals surface area contributed by atoms with Crippen LogP contribution in [0.5, 0.6) is 0 Å². The average molecular weight is 337 g/mol. The van der Waals surface area contributed by atoms with E-state index in [2.05, 4.69) is 26.2 Å². The van der Waals surface area contributed by atoms with Crippen LogP contribution in [-0.4, -0.2) is 41.6 Å². The summed E-state index contributed by atoms with van der Waals surface area (Å²) in [7, 11) is 0. The zero-order valence-corrected chi connectivity index (χ0v) is 15.3. The quantitative estimate of drug-likeness (QED) is 0.845. The molecule has 0 aliphatic carbocycles. The van der Waals surface area contributed by atoms with Crippen LogP contribution in [0.2, 0.25) is 0 Å². The molecule has 0 N–H and O–H groups in total. The van der Waals surface area contributed by atoms with Crippen LogP contribution in [0.1, 0.15) is 69.5 Å². The molecule has 5 heteroatoms. The highest BCUT2D eigenvalue weighted by Gasteiger charge is 2.29. The SMILES string of the molecule is CC(C)(C)c1csc(C2CCN(C(=O)C[C@@H]3CCCO3)CC2)n1. The summed E-state index contributed by atoms with van der Waals surface area (Å²) in [6, 6.07) is 0. The Bertz CT molecular complexity index is 535. The Morgan fingerprint density at radius 1 is 1.35 bits per heavy atom. The lowest BCUT2D eigenvalue weighted by Crippen LogP contribution is -2.39. The highest BCUT2D eigenvalue weighted by Crippen LogP contribution is 2.33. The molecule has 0 unspecified atom stereocenters. The molecule has 3 rings (SSSR count). The van der Waals surface area contributed by atoms with Gasteiger partial charge in [0.1, 0.15) is 0 Å². The van der Waals surface area contributed by atoms with Crippen LogP contribution >= 0.6 is 11.3 Å². The molecule has 1 atom stereocenters. The van der Waals surface area contributed by atoms with Crippen molar-refractivity contribution < 1.29 is 9.53 Å². The third kappa shape index (κ3) is 4.13. The van der Waals surface area contributed by atoms with Crippen molar-refractivity contribution in [3.8, 4) is 0 Å². The van der Waals surface area contributed by atoms with Crippen molar-refractivity contribution >= 4 is 17.2 Å². The molecule has 23 heavy (non-hydrogen) atoms. The minimum atomic E-state index is 0.118. The first kappa shape index (κ1) is 16.9. The normalized spacial score (nSPS) is 23.4. The van der Waals surface area contributed by atoms with Gasteiger partial charge in [-0.2, -0.15) is 0 Å². The Balaban J connectivity index is 1.51. The molecule has 0 aromatic carbocycles. The van der Waals surface area contributed by atoms with Gasteiger partial charge in [-0.25, -0.2) is 4.98 Å². The van der Waals surface area contributed by atoms with Gasteiger partial charge in [-0.05, 0) is 25.7 Å². The summed E-state index contributed by atoms with van der Waals surface area (Å²) >= 11 is 1.78. The topological polar surface area (TPSA) is 42.4 Å². The Morgan fingerprint density at radius 2 is 2.09 bits per heavy atom. The van der Waals surface area contributed by atoms with E-state index in [1.165, 1.54) is 10.7 Å². The van der Waals surface area contributed by atoms with Gasteiger partial charge in [0.25, 0.3) is 0 Å². The van der Waals surface area contributed by atoms with Gasteiger partial charge in [-0.15, -0.1) is 11.3 Å². The summed E-state index contributed by atoms with van der Waals surface area (Å²) in [5.74, 6) is 0.785. The molecule has 1 aromatic rings. The number of carbonyl (C=O) groups excluding carboxylic acids is 1. The van der Waals surface area contributed by atoms with E-state index in [0.717, 1.165) is 45.4 Å².